The Morgan fingerprint density at radius 3 is 2.63 bits per heavy atom. The maximum Gasteiger partial charge on any atom is 0.227 e. The number of benzene rings is 1. The number of para-hydroxylation sites is 1. The molecular formula is C15H13N3S. The highest BCUT2D eigenvalue weighted by atomic mass is 32.1. The summed E-state index contributed by atoms with van der Waals surface area (Å²) in [6, 6.07) is 14.0. The monoisotopic (exact) mass is 267 g/mol. The Hall–Kier alpha value is -2.20. The van der Waals surface area contributed by atoms with E-state index in [1.807, 2.05) is 49.5 Å². The Morgan fingerprint density at radius 1 is 1.05 bits per heavy atom. The molecule has 4 heteroatoms. The average Bonchev–Trinajstić information content (AvgIpc) is 2.96. The van der Waals surface area contributed by atoms with Gasteiger partial charge in [-0.25, -0.2) is 9.97 Å². The van der Waals surface area contributed by atoms with Gasteiger partial charge in [-0.3, -0.25) is 0 Å². The summed E-state index contributed by atoms with van der Waals surface area (Å²) in [6.07, 6.45) is 1.85. The number of anilines is 2. The van der Waals surface area contributed by atoms with Gasteiger partial charge >= 0.3 is 0 Å². The summed E-state index contributed by atoms with van der Waals surface area (Å²) in [4.78, 5) is 10.1. The first kappa shape index (κ1) is 11.9. The van der Waals surface area contributed by atoms with E-state index < -0.39 is 0 Å². The van der Waals surface area contributed by atoms with Crippen molar-refractivity contribution in [1.29, 1.82) is 0 Å². The largest absolute Gasteiger partial charge is 0.324 e. The predicted octanol–water partition coefficient (Wildman–Crippen LogP) is 4.26. The summed E-state index contributed by atoms with van der Waals surface area (Å²) in [5.74, 6) is 0.625. The van der Waals surface area contributed by atoms with Crippen molar-refractivity contribution in [3.63, 3.8) is 0 Å². The van der Waals surface area contributed by atoms with Crippen LogP contribution in [0.2, 0.25) is 0 Å². The molecule has 1 aromatic carbocycles. The van der Waals surface area contributed by atoms with Crippen LogP contribution in [0, 0.1) is 6.92 Å². The SMILES string of the molecule is Cc1cnc(Nc2ccccc2)nc1-c1cccs1. The molecule has 0 amide bonds. The number of aryl methyl sites for hydroxylation is 1. The molecule has 94 valence electrons. The number of nitrogens with one attached hydrogen (secondary N) is 1. The first-order valence-corrected chi connectivity index (χ1v) is 6.90. The van der Waals surface area contributed by atoms with Gasteiger partial charge in [-0.1, -0.05) is 24.3 Å². The lowest BCUT2D eigenvalue weighted by atomic mass is 10.2. The van der Waals surface area contributed by atoms with Crippen LogP contribution in [0.3, 0.4) is 0 Å². The van der Waals surface area contributed by atoms with E-state index in [1.54, 1.807) is 11.3 Å². The Kier molecular flexibility index (Phi) is 3.25. The Labute approximate surface area is 116 Å². The highest BCUT2D eigenvalue weighted by molar-refractivity contribution is 7.13. The van der Waals surface area contributed by atoms with Crippen molar-refractivity contribution < 1.29 is 0 Å². The predicted molar refractivity (Wildman–Crippen MR) is 79.8 cm³/mol. The molecule has 0 atom stereocenters. The number of aromatic nitrogens is 2. The number of hydrogen-bond donors (Lipinski definition) is 1. The second-order valence-corrected chi connectivity index (χ2v) is 5.14. The van der Waals surface area contributed by atoms with E-state index in [2.05, 4.69) is 26.7 Å². The van der Waals surface area contributed by atoms with Crippen molar-refractivity contribution in [2.45, 2.75) is 6.92 Å². The van der Waals surface area contributed by atoms with E-state index >= 15 is 0 Å². The average molecular weight is 267 g/mol. The van der Waals surface area contributed by atoms with Crippen molar-refractivity contribution >= 4 is 23.0 Å². The number of nitrogens with zero attached hydrogens (tertiary/aromatic N) is 2. The van der Waals surface area contributed by atoms with E-state index in [4.69, 9.17) is 0 Å². The van der Waals surface area contributed by atoms with Crippen molar-refractivity contribution in [1.82, 2.24) is 9.97 Å². The quantitative estimate of drug-likeness (QED) is 0.770. The van der Waals surface area contributed by atoms with Crippen LogP contribution >= 0.6 is 11.3 Å². The topological polar surface area (TPSA) is 37.8 Å². The van der Waals surface area contributed by atoms with Crippen LogP contribution in [-0.4, -0.2) is 9.97 Å². The van der Waals surface area contributed by atoms with Crippen molar-refractivity contribution in [3.05, 3.63) is 59.6 Å². The lowest BCUT2D eigenvalue weighted by Crippen LogP contribution is -1.99. The molecule has 19 heavy (non-hydrogen) atoms. The summed E-state index contributed by atoms with van der Waals surface area (Å²) in [6.45, 7) is 2.03. The molecule has 0 radical (unpaired) electrons. The third-order valence-electron chi connectivity index (χ3n) is 2.76. The minimum Gasteiger partial charge on any atom is -0.324 e. The molecule has 0 aliphatic heterocycles. The van der Waals surface area contributed by atoms with Crippen LogP contribution in [0.1, 0.15) is 5.56 Å². The highest BCUT2D eigenvalue weighted by Gasteiger charge is 2.07. The molecule has 2 heterocycles. The Morgan fingerprint density at radius 2 is 1.89 bits per heavy atom. The van der Waals surface area contributed by atoms with Crippen LogP contribution in [0.15, 0.2) is 54.0 Å². The number of thiophene rings is 1. The number of hydrogen-bond acceptors (Lipinski definition) is 4. The van der Waals surface area contributed by atoms with Gasteiger partial charge in [0.1, 0.15) is 0 Å². The van der Waals surface area contributed by atoms with Crippen molar-refractivity contribution in [2.75, 3.05) is 5.32 Å². The van der Waals surface area contributed by atoms with E-state index in [0.29, 0.717) is 5.95 Å². The third-order valence-corrected chi connectivity index (χ3v) is 3.63. The Bertz CT molecular complexity index is 663. The number of rotatable bonds is 3. The maximum absolute atomic E-state index is 4.60. The lowest BCUT2D eigenvalue weighted by Gasteiger charge is -2.07. The van der Waals surface area contributed by atoms with E-state index in [0.717, 1.165) is 21.8 Å². The smallest absolute Gasteiger partial charge is 0.227 e. The molecule has 0 aliphatic rings. The summed E-state index contributed by atoms with van der Waals surface area (Å²) in [5, 5.41) is 5.27. The lowest BCUT2D eigenvalue weighted by molar-refractivity contribution is 1.14. The molecule has 0 bridgehead atoms. The zero-order valence-corrected chi connectivity index (χ0v) is 11.3. The fraction of sp³-hybridized carbons (Fsp3) is 0.0667. The van der Waals surface area contributed by atoms with Gasteiger partial charge in [-0.2, -0.15) is 0 Å². The van der Waals surface area contributed by atoms with Crippen LogP contribution in [0.25, 0.3) is 10.6 Å². The molecular weight excluding hydrogens is 254 g/mol. The van der Waals surface area contributed by atoms with Crippen LogP contribution in [0.5, 0.6) is 0 Å². The van der Waals surface area contributed by atoms with Crippen LogP contribution < -0.4 is 5.32 Å². The van der Waals surface area contributed by atoms with Crippen molar-refractivity contribution in [2.24, 2.45) is 0 Å². The molecule has 0 aliphatic carbocycles. The van der Waals surface area contributed by atoms with Crippen LogP contribution in [-0.2, 0) is 0 Å². The van der Waals surface area contributed by atoms with E-state index in [-0.39, 0.29) is 0 Å². The second kappa shape index (κ2) is 5.20. The summed E-state index contributed by atoms with van der Waals surface area (Å²) in [5.41, 5.74) is 3.06. The summed E-state index contributed by atoms with van der Waals surface area (Å²) in [7, 11) is 0. The third kappa shape index (κ3) is 2.63. The van der Waals surface area contributed by atoms with E-state index in [9.17, 15) is 0 Å². The molecule has 3 nitrogen and oxygen atoms in total. The maximum atomic E-state index is 4.60. The molecule has 0 saturated carbocycles. The van der Waals surface area contributed by atoms with Gasteiger partial charge in [0.05, 0.1) is 10.6 Å². The minimum atomic E-state index is 0.625. The van der Waals surface area contributed by atoms with Gasteiger partial charge in [-0.15, -0.1) is 11.3 Å². The zero-order chi connectivity index (χ0) is 13.1. The Balaban J connectivity index is 1.94. The first-order chi connectivity index (χ1) is 9.33. The minimum absolute atomic E-state index is 0.625. The molecule has 0 unspecified atom stereocenters. The standard InChI is InChI=1S/C15H13N3S/c1-11-10-16-15(17-12-6-3-2-4-7-12)18-14(11)13-8-5-9-19-13/h2-10H,1H3,(H,16,17,18). The molecule has 0 fully saturated rings. The van der Waals surface area contributed by atoms with Gasteiger partial charge in [0.25, 0.3) is 0 Å². The molecule has 0 spiro atoms. The second-order valence-electron chi connectivity index (χ2n) is 4.19. The fourth-order valence-corrected chi connectivity index (χ4v) is 2.59. The van der Waals surface area contributed by atoms with Gasteiger partial charge in [0.15, 0.2) is 0 Å². The fourth-order valence-electron chi connectivity index (χ4n) is 1.82. The molecule has 3 rings (SSSR count). The highest BCUT2D eigenvalue weighted by Crippen LogP contribution is 2.26. The van der Waals surface area contributed by atoms with Gasteiger partial charge in [-0.05, 0) is 36.1 Å². The zero-order valence-electron chi connectivity index (χ0n) is 10.5. The summed E-state index contributed by atoms with van der Waals surface area (Å²) >= 11 is 1.69. The summed E-state index contributed by atoms with van der Waals surface area (Å²) < 4.78 is 0. The van der Waals surface area contributed by atoms with Gasteiger partial charge < -0.3 is 5.32 Å². The van der Waals surface area contributed by atoms with Crippen molar-refractivity contribution in [3.8, 4) is 10.6 Å². The van der Waals surface area contributed by atoms with E-state index in [1.165, 1.54) is 0 Å². The molecule has 2 aromatic heterocycles. The van der Waals surface area contributed by atoms with Gasteiger partial charge in [0, 0.05) is 11.9 Å². The molecule has 3 aromatic rings. The van der Waals surface area contributed by atoms with Crippen LogP contribution in [0.4, 0.5) is 11.6 Å². The first-order valence-electron chi connectivity index (χ1n) is 6.02. The molecule has 0 saturated heterocycles. The molecule has 1 N–H and O–H groups in total. The van der Waals surface area contributed by atoms with Gasteiger partial charge in [0.2, 0.25) is 5.95 Å². The normalized spacial score (nSPS) is 10.4.